The predicted molar refractivity (Wildman–Crippen MR) is 105 cm³/mol. The second kappa shape index (κ2) is 17.1. The van der Waals surface area contributed by atoms with Crippen molar-refractivity contribution in [2.45, 2.75) is 0 Å². The van der Waals surface area contributed by atoms with Crippen LogP contribution in [0.15, 0.2) is 0 Å². The van der Waals surface area contributed by atoms with Gasteiger partial charge in [-0.05, 0) is 42.3 Å². The van der Waals surface area contributed by atoms with Crippen molar-refractivity contribution in [1.29, 1.82) is 0 Å². The number of nitrogens with zero attached hydrogens (tertiary/aromatic N) is 4. The molecule has 0 N–H and O–H groups in total. The molecule has 0 saturated heterocycles. The van der Waals surface area contributed by atoms with E-state index in [1.165, 1.54) is 0 Å². The van der Waals surface area contributed by atoms with Gasteiger partial charge in [0.05, 0.1) is 39.6 Å². The van der Waals surface area contributed by atoms with Gasteiger partial charge < -0.3 is 28.9 Å². The van der Waals surface area contributed by atoms with Crippen molar-refractivity contribution in [1.82, 2.24) is 19.6 Å². The van der Waals surface area contributed by atoms with Crippen molar-refractivity contribution in [2.24, 2.45) is 0 Å². The zero-order chi connectivity index (χ0) is 18.9. The highest BCUT2D eigenvalue weighted by Crippen LogP contribution is 1.92. The van der Waals surface area contributed by atoms with Crippen LogP contribution in [0, 0.1) is 0 Å². The summed E-state index contributed by atoms with van der Waals surface area (Å²) in [5, 5.41) is 0. The molecule has 7 nitrogen and oxygen atoms in total. The van der Waals surface area contributed by atoms with Crippen LogP contribution in [-0.2, 0) is 14.2 Å². The van der Waals surface area contributed by atoms with E-state index in [2.05, 4.69) is 61.9 Å². The largest absolute Gasteiger partial charge is 0.379 e. The molecule has 0 amide bonds. The van der Waals surface area contributed by atoms with Gasteiger partial charge in [-0.1, -0.05) is 0 Å². The normalized spacial score (nSPS) is 12.2. The molecule has 0 fully saturated rings. The van der Waals surface area contributed by atoms with Crippen LogP contribution in [0.2, 0.25) is 0 Å². The molecule has 25 heavy (non-hydrogen) atoms. The molecule has 0 aliphatic heterocycles. The fraction of sp³-hybridized carbons (Fsp3) is 1.00. The van der Waals surface area contributed by atoms with E-state index in [4.69, 9.17) is 14.2 Å². The minimum absolute atomic E-state index is 0.753. The van der Waals surface area contributed by atoms with Gasteiger partial charge in [0.15, 0.2) is 0 Å². The van der Waals surface area contributed by atoms with Gasteiger partial charge in [0, 0.05) is 39.3 Å². The molecule has 0 rings (SSSR count). The van der Waals surface area contributed by atoms with Crippen LogP contribution in [-0.4, -0.2) is 141 Å². The highest BCUT2D eigenvalue weighted by molar-refractivity contribution is 4.58. The van der Waals surface area contributed by atoms with Crippen LogP contribution in [0.4, 0.5) is 0 Å². The molecule has 0 radical (unpaired) electrons. The molecule has 0 atom stereocenters. The third kappa shape index (κ3) is 19.9. The molecule has 0 aliphatic rings. The summed E-state index contributed by atoms with van der Waals surface area (Å²) in [4.78, 5) is 8.76. The zero-order valence-corrected chi connectivity index (χ0v) is 17.5. The standard InChI is InChI=1S/C18H42N4O3/c1-19(2)7-13-23-16-10-22(11-17-24-14-8-20(3)4)12-18-25-15-9-21(5)6/h7-18H2,1-6H3. The Morgan fingerprint density at radius 1 is 0.400 bits per heavy atom. The molecule has 0 saturated carbocycles. The monoisotopic (exact) mass is 362 g/mol. The van der Waals surface area contributed by atoms with Gasteiger partial charge in [-0.3, -0.25) is 4.90 Å². The minimum atomic E-state index is 0.753. The van der Waals surface area contributed by atoms with E-state index in [1.54, 1.807) is 0 Å². The van der Waals surface area contributed by atoms with E-state index in [9.17, 15) is 0 Å². The third-order valence-corrected chi connectivity index (χ3v) is 3.70. The maximum Gasteiger partial charge on any atom is 0.0594 e. The van der Waals surface area contributed by atoms with Crippen LogP contribution in [0.5, 0.6) is 0 Å². The molecule has 0 aliphatic carbocycles. The van der Waals surface area contributed by atoms with E-state index >= 15 is 0 Å². The highest BCUT2D eigenvalue weighted by atomic mass is 16.5. The van der Waals surface area contributed by atoms with Crippen LogP contribution in [0.3, 0.4) is 0 Å². The van der Waals surface area contributed by atoms with E-state index in [1.807, 2.05) is 0 Å². The summed E-state index contributed by atoms with van der Waals surface area (Å²) in [7, 11) is 12.4. The zero-order valence-electron chi connectivity index (χ0n) is 17.5. The summed E-state index contributed by atoms with van der Waals surface area (Å²) in [6.07, 6.45) is 0. The first-order chi connectivity index (χ1) is 11.9. The summed E-state index contributed by atoms with van der Waals surface area (Å²) >= 11 is 0. The number of ether oxygens (including phenoxy) is 3. The van der Waals surface area contributed by atoms with Crippen LogP contribution in [0.1, 0.15) is 0 Å². The molecule has 0 aromatic carbocycles. The summed E-state index contributed by atoms with van der Waals surface area (Å²) in [5.74, 6) is 0. The van der Waals surface area contributed by atoms with Crippen molar-refractivity contribution in [3.8, 4) is 0 Å². The minimum Gasteiger partial charge on any atom is -0.379 e. The van der Waals surface area contributed by atoms with Gasteiger partial charge in [0.25, 0.3) is 0 Å². The van der Waals surface area contributed by atoms with Crippen LogP contribution < -0.4 is 0 Å². The summed E-state index contributed by atoms with van der Waals surface area (Å²) < 4.78 is 17.1. The van der Waals surface area contributed by atoms with E-state index in [0.29, 0.717) is 0 Å². The third-order valence-electron chi connectivity index (χ3n) is 3.70. The molecular formula is C18H42N4O3. The molecule has 0 aromatic rings. The smallest absolute Gasteiger partial charge is 0.0594 e. The van der Waals surface area contributed by atoms with Gasteiger partial charge in [0.1, 0.15) is 0 Å². The lowest BCUT2D eigenvalue weighted by Crippen LogP contribution is -2.35. The number of hydrogen-bond donors (Lipinski definition) is 0. The maximum atomic E-state index is 5.71. The lowest BCUT2D eigenvalue weighted by molar-refractivity contribution is 0.0455. The lowest BCUT2D eigenvalue weighted by Gasteiger charge is -2.23. The Labute approximate surface area is 155 Å². The number of hydrogen-bond acceptors (Lipinski definition) is 7. The SMILES string of the molecule is CN(C)CCOCCN(CCOCCN(C)C)CCOCCN(C)C. The lowest BCUT2D eigenvalue weighted by atomic mass is 10.4. The first-order valence-electron chi connectivity index (χ1n) is 9.31. The van der Waals surface area contributed by atoms with Gasteiger partial charge in [-0.25, -0.2) is 0 Å². The van der Waals surface area contributed by atoms with Crippen molar-refractivity contribution in [3.05, 3.63) is 0 Å². The van der Waals surface area contributed by atoms with Gasteiger partial charge in [-0.2, -0.15) is 0 Å². The Kier molecular flexibility index (Phi) is 17.0. The second-order valence-corrected chi connectivity index (χ2v) is 7.09. The van der Waals surface area contributed by atoms with Crippen LogP contribution >= 0.6 is 0 Å². The van der Waals surface area contributed by atoms with Crippen LogP contribution in [0.25, 0.3) is 0 Å². The van der Waals surface area contributed by atoms with Gasteiger partial charge in [0.2, 0.25) is 0 Å². The van der Waals surface area contributed by atoms with Gasteiger partial charge in [-0.15, -0.1) is 0 Å². The van der Waals surface area contributed by atoms with E-state index in [-0.39, 0.29) is 0 Å². The number of likely N-dealkylation sites (N-methyl/N-ethyl adjacent to an activating group) is 3. The molecular weight excluding hydrogens is 320 g/mol. The molecule has 7 heteroatoms. The fourth-order valence-corrected chi connectivity index (χ4v) is 1.96. The first-order valence-corrected chi connectivity index (χ1v) is 9.31. The quantitative estimate of drug-likeness (QED) is 0.319. The van der Waals surface area contributed by atoms with Crippen molar-refractivity contribution < 1.29 is 14.2 Å². The Hall–Kier alpha value is -0.280. The summed E-state index contributed by atoms with van der Waals surface area (Å²) in [6.45, 7) is 10.2. The van der Waals surface area contributed by atoms with E-state index in [0.717, 1.165) is 78.9 Å². The molecule has 0 heterocycles. The summed E-state index contributed by atoms with van der Waals surface area (Å²) in [6, 6.07) is 0. The molecule has 0 aromatic heterocycles. The van der Waals surface area contributed by atoms with Crippen molar-refractivity contribution >= 4 is 0 Å². The maximum absolute atomic E-state index is 5.71. The first kappa shape index (κ1) is 24.7. The molecule has 152 valence electrons. The summed E-state index contributed by atoms with van der Waals surface area (Å²) in [5.41, 5.74) is 0. The Morgan fingerprint density at radius 3 is 0.880 bits per heavy atom. The average Bonchev–Trinajstić information content (AvgIpc) is 2.52. The van der Waals surface area contributed by atoms with Crippen molar-refractivity contribution in [2.75, 3.05) is 121 Å². The Bertz CT molecular complexity index is 236. The Morgan fingerprint density at radius 2 is 0.640 bits per heavy atom. The topological polar surface area (TPSA) is 40.6 Å². The second-order valence-electron chi connectivity index (χ2n) is 7.09. The highest BCUT2D eigenvalue weighted by Gasteiger charge is 2.06. The Balaban J connectivity index is 3.87. The molecule has 0 bridgehead atoms. The van der Waals surface area contributed by atoms with Crippen molar-refractivity contribution in [3.63, 3.8) is 0 Å². The number of rotatable bonds is 18. The predicted octanol–water partition coefficient (Wildman–Crippen LogP) is 0.0230. The van der Waals surface area contributed by atoms with E-state index < -0.39 is 0 Å². The average molecular weight is 363 g/mol. The van der Waals surface area contributed by atoms with Gasteiger partial charge >= 0.3 is 0 Å². The fourth-order valence-electron chi connectivity index (χ4n) is 1.96. The molecule has 0 spiro atoms. The molecule has 0 unspecified atom stereocenters.